The molecule has 3 rings (SSSR count). The Labute approximate surface area is 159 Å². The number of benzene rings is 2. The lowest BCUT2D eigenvalue weighted by Gasteiger charge is -2.13. The van der Waals surface area contributed by atoms with Gasteiger partial charge >= 0.3 is 6.03 Å². The van der Waals surface area contributed by atoms with Crippen LogP contribution in [0.15, 0.2) is 48.5 Å². The molecule has 0 bridgehead atoms. The summed E-state index contributed by atoms with van der Waals surface area (Å²) < 4.78 is 0. The Hall–Kier alpha value is -2.86. The number of rotatable bonds is 6. The van der Waals surface area contributed by atoms with Crippen molar-refractivity contribution in [1.29, 1.82) is 0 Å². The van der Waals surface area contributed by atoms with Crippen molar-refractivity contribution >= 4 is 23.3 Å². The van der Waals surface area contributed by atoms with E-state index in [0.717, 1.165) is 25.1 Å². The normalized spacial score (nSPS) is 16.0. The molecule has 142 valence electrons. The average Bonchev–Trinajstić information content (AvgIpc) is 3.17. The Bertz CT molecular complexity index is 786. The molecule has 0 spiro atoms. The highest BCUT2D eigenvalue weighted by atomic mass is 16.2. The lowest BCUT2D eigenvalue weighted by Crippen LogP contribution is -2.27. The molecule has 3 amide bonds. The smallest absolute Gasteiger partial charge is 0.323 e. The second kappa shape index (κ2) is 9.19. The van der Waals surface area contributed by atoms with E-state index in [0.29, 0.717) is 29.4 Å². The van der Waals surface area contributed by atoms with Gasteiger partial charge in [-0.3, -0.25) is 4.79 Å². The molecule has 6 nitrogen and oxygen atoms in total. The van der Waals surface area contributed by atoms with Gasteiger partial charge in [0.05, 0.1) is 0 Å². The third kappa shape index (κ3) is 5.56. The standard InChI is InChI=1S/C21H26N4O2/c1-15-7-8-17(20(26)23-12-10-16-9-11-22-14-16)13-19(15)25-21(27)24-18-5-3-2-4-6-18/h2-8,13,16,22H,9-12,14H2,1H3,(H,23,26)(H2,24,25,27). The molecule has 1 atom stereocenters. The molecule has 27 heavy (non-hydrogen) atoms. The summed E-state index contributed by atoms with van der Waals surface area (Å²) in [7, 11) is 0. The van der Waals surface area contributed by atoms with Gasteiger partial charge < -0.3 is 21.3 Å². The van der Waals surface area contributed by atoms with Crippen LogP contribution in [0.3, 0.4) is 0 Å². The number of carbonyl (C=O) groups is 2. The molecule has 1 unspecified atom stereocenters. The van der Waals surface area contributed by atoms with E-state index in [-0.39, 0.29) is 11.9 Å². The highest BCUT2D eigenvalue weighted by Crippen LogP contribution is 2.18. The van der Waals surface area contributed by atoms with E-state index in [1.54, 1.807) is 12.1 Å². The van der Waals surface area contributed by atoms with Crippen LogP contribution in [0.5, 0.6) is 0 Å². The van der Waals surface area contributed by atoms with E-state index < -0.39 is 0 Å². The van der Waals surface area contributed by atoms with Crippen LogP contribution in [0.2, 0.25) is 0 Å². The second-order valence-electron chi connectivity index (χ2n) is 6.88. The Kier molecular flexibility index (Phi) is 6.44. The van der Waals surface area contributed by atoms with Gasteiger partial charge in [-0.15, -0.1) is 0 Å². The number of para-hydroxylation sites is 1. The first-order chi connectivity index (χ1) is 13.1. The van der Waals surface area contributed by atoms with Crippen LogP contribution in [-0.2, 0) is 0 Å². The Morgan fingerprint density at radius 3 is 2.67 bits per heavy atom. The van der Waals surface area contributed by atoms with Crippen molar-refractivity contribution in [3.63, 3.8) is 0 Å². The zero-order valence-corrected chi connectivity index (χ0v) is 15.5. The fraction of sp³-hybridized carbons (Fsp3) is 0.333. The van der Waals surface area contributed by atoms with Gasteiger partial charge in [-0.25, -0.2) is 4.79 Å². The van der Waals surface area contributed by atoms with Crippen molar-refractivity contribution in [2.75, 3.05) is 30.3 Å². The monoisotopic (exact) mass is 366 g/mol. The van der Waals surface area contributed by atoms with Crippen LogP contribution >= 0.6 is 0 Å². The molecular weight excluding hydrogens is 340 g/mol. The van der Waals surface area contributed by atoms with Crippen molar-refractivity contribution in [2.45, 2.75) is 19.8 Å². The topological polar surface area (TPSA) is 82.3 Å². The van der Waals surface area contributed by atoms with Crippen LogP contribution in [0, 0.1) is 12.8 Å². The minimum Gasteiger partial charge on any atom is -0.352 e. The molecule has 6 heteroatoms. The minimum absolute atomic E-state index is 0.118. The molecule has 1 aliphatic heterocycles. The number of carbonyl (C=O) groups excluding carboxylic acids is 2. The Morgan fingerprint density at radius 2 is 1.93 bits per heavy atom. The number of urea groups is 1. The van der Waals surface area contributed by atoms with Gasteiger partial charge in [-0.05, 0) is 68.6 Å². The number of hydrogen-bond acceptors (Lipinski definition) is 3. The van der Waals surface area contributed by atoms with E-state index in [1.807, 2.05) is 43.3 Å². The molecule has 4 N–H and O–H groups in total. The fourth-order valence-corrected chi connectivity index (χ4v) is 3.16. The molecule has 2 aromatic rings. The predicted octanol–water partition coefficient (Wildman–Crippen LogP) is 3.37. The number of anilines is 2. The van der Waals surface area contributed by atoms with E-state index >= 15 is 0 Å². The van der Waals surface area contributed by atoms with Gasteiger partial charge in [0.25, 0.3) is 5.91 Å². The number of hydrogen-bond donors (Lipinski definition) is 4. The van der Waals surface area contributed by atoms with Crippen LogP contribution in [-0.4, -0.2) is 31.6 Å². The summed E-state index contributed by atoms with van der Waals surface area (Å²) in [5.74, 6) is 0.523. The molecule has 2 aromatic carbocycles. The van der Waals surface area contributed by atoms with E-state index in [9.17, 15) is 9.59 Å². The summed E-state index contributed by atoms with van der Waals surface area (Å²) in [6.07, 6.45) is 2.15. The number of nitrogens with one attached hydrogen (secondary N) is 4. The SMILES string of the molecule is Cc1ccc(C(=O)NCCC2CCNC2)cc1NC(=O)Nc1ccccc1. The maximum atomic E-state index is 12.4. The first-order valence-electron chi connectivity index (χ1n) is 9.34. The zero-order valence-electron chi connectivity index (χ0n) is 15.5. The quantitative estimate of drug-likeness (QED) is 0.633. The zero-order chi connectivity index (χ0) is 19.1. The lowest BCUT2D eigenvalue weighted by atomic mass is 10.0. The minimum atomic E-state index is -0.337. The molecule has 1 saturated heterocycles. The highest BCUT2D eigenvalue weighted by Gasteiger charge is 2.15. The van der Waals surface area contributed by atoms with Gasteiger partial charge in [-0.2, -0.15) is 0 Å². The molecule has 1 heterocycles. The van der Waals surface area contributed by atoms with Crippen LogP contribution in [0.4, 0.5) is 16.2 Å². The summed E-state index contributed by atoms with van der Waals surface area (Å²) in [6.45, 7) is 4.66. The van der Waals surface area contributed by atoms with Crippen molar-refractivity contribution in [1.82, 2.24) is 10.6 Å². The molecule has 1 aliphatic rings. The molecule has 0 aliphatic carbocycles. The third-order valence-corrected chi connectivity index (χ3v) is 4.78. The number of amides is 3. The number of aryl methyl sites for hydroxylation is 1. The molecular formula is C21H26N4O2. The van der Waals surface area contributed by atoms with Gasteiger partial charge in [0, 0.05) is 23.5 Å². The molecule has 0 aromatic heterocycles. The van der Waals surface area contributed by atoms with Crippen molar-refractivity contribution < 1.29 is 9.59 Å². The van der Waals surface area contributed by atoms with Crippen LogP contribution in [0.25, 0.3) is 0 Å². The fourth-order valence-electron chi connectivity index (χ4n) is 3.16. The van der Waals surface area contributed by atoms with Crippen LogP contribution < -0.4 is 21.3 Å². The van der Waals surface area contributed by atoms with Gasteiger partial charge in [0.2, 0.25) is 0 Å². The van der Waals surface area contributed by atoms with Crippen LogP contribution in [0.1, 0.15) is 28.8 Å². The van der Waals surface area contributed by atoms with Crippen molar-refractivity contribution in [3.8, 4) is 0 Å². The molecule has 0 radical (unpaired) electrons. The van der Waals surface area contributed by atoms with E-state index in [2.05, 4.69) is 21.3 Å². The van der Waals surface area contributed by atoms with Crippen molar-refractivity contribution in [2.24, 2.45) is 5.92 Å². The first kappa shape index (κ1) is 18.9. The predicted molar refractivity (Wildman–Crippen MR) is 108 cm³/mol. The maximum absolute atomic E-state index is 12.4. The maximum Gasteiger partial charge on any atom is 0.323 e. The van der Waals surface area contributed by atoms with E-state index in [4.69, 9.17) is 0 Å². The Morgan fingerprint density at radius 1 is 1.11 bits per heavy atom. The summed E-state index contributed by atoms with van der Waals surface area (Å²) >= 11 is 0. The highest BCUT2D eigenvalue weighted by molar-refractivity contribution is 6.02. The summed E-state index contributed by atoms with van der Waals surface area (Å²) in [5, 5.41) is 11.9. The summed E-state index contributed by atoms with van der Waals surface area (Å²) in [6, 6.07) is 14.2. The summed E-state index contributed by atoms with van der Waals surface area (Å²) in [5.41, 5.74) is 2.77. The van der Waals surface area contributed by atoms with Crippen molar-refractivity contribution in [3.05, 3.63) is 59.7 Å². The summed E-state index contributed by atoms with van der Waals surface area (Å²) in [4.78, 5) is 24.6. The molecule has 0 saturated carbocycles. The second-order valence-corrected chi connectivity index (χ2v) is 6.88. The first-order valence-corrected chi connectivity index (χ1v) is 9.34. The van der Waals surface area contributed by atoms with Gasteiger partial charge in [-0.1, -0.05) is 24.3 Å². The van der Waals surface area contributed by atoms with E-state index in [1.165, 1.54) is 6.42 Å². The van der Waals surface area contributed by atoms with Gasteiger partial charge in [0.1, 0.15) is 0 Å². The Balaban J connectivity index is 1.56. The van der Waals surface area contributed by atoms with Gasteiger partial charge in [0.15, 0.2) is 0 Å². The lowest BCUT2D eigenvalue weighted by molar-refractivity contribution is 0.0951. The largest absolute Gasteiger partial charge is 0.352 e. The average molecular weight is 366 g/mol. The molecule has 1 fully saturated rings. The third-order valence-electron chi connectivity index (χ3n) is 4.78.